The van der Waals surface area contributed by atoms with Crippen molar-refractivity contribution in [3.63, 3.8) is 0 Å². The van der Waals surface area contributed by atoms with Gasteiger partial charge in [-0.2, -0.15) is 26.3 Å². The van der Waals surface area contributed by atoms with Gasteiger partial charge in [-0.25, -0.2) is 13.9 Å². The molecule has 0 aliphatic carbocycles. The first kappa shape index (κ1) is 16.2. The van der Waals surface area contributed by atoms with Crippen molar-refractivity contribution in [1.82, 2.24) is 0 Å². The third-order valence-electron chi connectivity index (χ3n) is 1.33. The lowest BCUT2D eigenvalue weighted by molar-refractivity contribution is -0.428. The summed E-state index contributed by atoms with van der Waals surface area (Å²) >= 11 is 4.10. The molecule has 0 aliphatic heterocycles. The minimum atomic E-state index is -6.00. The third-order valence-corrected chi connectivity index (χ3v) is 1.58. The number of rotatable bonds is 5. The number of hydrogen-bond donors (Lipinski definition) is 0. The fourth-order valence-electron chi connectivity index (χ4n) is 0.527. The largest absolute Gasteiger partial charge is 0.464 e. The lowest BCUT2D eigenvalue weighted by Gasteiger charge is -2.27. The Kier molecular flexibility index (Phi) is 4.63. The van der Waals surface area contributed by atoms with Crippen LogP contribution < -0.4 is 0 Å². The number of halogens is 8. The van der Waals surface area contributed by atoms with Gasteiger partial charge in [0.05, 0.1) is 7.11 Å². The van der Waals surface area contributed by atoms with Crippen LogP contribution in [0.2, 0.25) is 0 Å². The molecule has 0 heterocycles. The smallest absolute Gasteiger partial charge is 0.435 e. The van der Waals surface area contributed by atoms with E-state index in [-0.39, 0.29) is 0 Å². The lowest BCUT2D eigenvalue weighted by Crippen LogP contribution is -2.53. The molecule has 0 bridgehead atoms. The number of carbonyl (C=O) groups excluding carboxylic acids is 1. The molecule has 0 radical (unpaired) electrons. The fraction of sp³-hybridized carbons (Fsp3) is 0.833. The Labute approximate surface area is 94.4 Å². The second kappa shape index (κ2) is 4.84. The van der Waals surface area contributed by atoms with Gasteiger partial charge in [0, 0.05) is 0 Å². The maximum absolute atomic E-state index is 12.5. The Balaban J connectivity index is 5.09. The van der Waals surface area contributed by atoms with Gasteiger partial charge in [0.1, 0.15) is 0 Å². The minimum Gasteiger partial charge on any atom is -0.464 e. The Morgan fingerprint density at radius 1 is 1.18 bits per heavy atom. The summed E-state index contributed by atoms with van der Waals surface area (Å²) in [6.45, 7) is 0. The molecule has 0 aromatic carbocycles. The molecule has 0 N–H and O–H groups in total. The zero-order valence-corrected chi connectivity index (χ0v) is 8.58. The van der Waals surface area contributed by atoms with E-state index in [2.05, 4.69) is 21.1 Å². The van der Waals surface area contributed by atoms with Crippen LogP contribution in [-0.4, -0.2) is 36.8 Å². The van der Waals surface area contributed by atoms with Crippen molar-refractivity contribution in [2.45, 2.75) is 23.8 Å². The summed E-state index contributed by atoms with van der Waals surface area (Å²) in [7, 11) is 0.309. The maximum atomic E-state index is 12.5. The van der Waals surface area contributed by atoms with Crippen molar-refractivity contribution >= 4 is 17.6 Å². The highest BCUT2D eigenvalue weighted by Crippen LogP contribution is 2.42. The summed E-state index contributed by atoms with van der Waals surface area (Å²) in [4.78, 5) is 10.2. The van der Waals surface area contributed by atoms with Crippen molar-refractivity contribution in [3.05, 3.63) is 0 Å². The summed E-state index contributed by atoms with van der Waals surface area (Å²) in [5.74, 6) is -8.56. The van der Waals surface area contributed by atoms with Crippen molar-refractivity contribution in [1.29, 1.82) is 0 Å². The average Bonchev–Trinajstić information content (AvgIpc) is 2.14. The number of hydrogen-bond acceptors (Lipinski definition) is 3. The minimum absolute atomic E-state index is 0.309. The number of alkyl halides is 8. The highest BCUT2D eigenvalue weighted by molar-refractivity contribution is 6.20. The van der Waals surface area contributed by atoms with E-state index in [9.17, 15) is 35.5 Å². The Morgan fingerprint density at radius 2 is 1.59 bits per heavy atom. The van der Waals surface area contributed by atoms with Gasteiger partial charge >= 0.3 is 24.1 Å². The van der Waals surface area contributed by atoms with Gasteiger partial charge in [-0.1, -0.05) is 11.6 Å². The van der Waals surface area contributed by atoms with Gasteiger partial charge in [0.15, 0.2) is 0 Å². The maximum Gasteiger partial charge on any atom is 0.435 e. The van der Waals surface area contributed by atoms with E-state index in [0.29, 0.717) is 7.11 Å². The van der Waals surface area contributed by atoms with Gasteiger partial charge in [0.25, 0.3) is 5.63 Å². The molecule has 0 spiro atoms. The van der Waals surface area contributed by atoms with Crippen LogP contribution in [0, 0.1) is 0 Å². The van der Waals surface area contributed by atoms with Crippen LogP contribution in [0.1, 0.15) is 0 Å². The molecular formula is C6H4ClF7O3. The monoisotopic (exact) mass is 292 g/mol. The summed E-state index contributed by atoms with van der Waals surface area (Å²) < 4.78 is 92.0. The first-order valence-corrected chi connectivity index (χ1v) is 4.02. The Bertz CT molecular complexity index is 293. The molecule has 0 fully saturated rings. The standard InChI is InChI=1S/C6H4ClF7O3/c1-16-3(15)4(9,10)6(13,14)17-5(11,12)2(7)8/h2H,1H3. The molecule has 0 aliphatic rings. The zero-order valence-electron chi connectivity index (χ0n) is 7.83. The molecule has 102 valence electrons. The molecule has 17 heavy (non-hydrogen) atoms. The number of carbonyl (C=O) groups is 1. The van der Waals surface area contributed by atoms with Crippen molar-refractivity contribution < 1.29 is 45.0 Å². The molecule has 0 rings (SSSR count). The summed E-state index contributed by atoms with van der Waals surface area (Å²) in [5, 5.41) is 0. The van der Waals surface area contributed by atoms with Gasteiger partial charge in [-0.15, -0.1) is 0 Å². The SMILES string of the molecule is COC(=O)C(F)(F)C(F)(F)OC(F)(F)C(F)Cl. The van der Waals surface area contributed by atoms with Gasteiger partial charge in [0.2, 0.25) is 0 Å². The van der Waals surface area contributed by atoms with E-state index in [0.717, 1.165) is 0 Å². The fourth-order valence-corrected chi connectivity index (χ4v) is 0.571. The Hall–Kier alpha value is -0.770. The van der Waals surface area contributed by atoms with E-state index in [1.165, 1.54) is 0 Å². The molecule has 3 nitrogen and oxygen atoms in total. The molecule has 0 amide bonds. The molecule has 0 aromatic heterocycles. The highest BCUT2D eigenvalue weighted by atomic mass is 35.5. The predicted molar refractivity (Wildman–Crippen MR) is 38.7 cm³/mol. The molecule has 0 saturated heterocycles. The van der Waals surface area contributed by atoms with Gasteiger partial charge in [-0.05, 0) is 0 Å². The van der Waals surface area contributed by atoms with E-state index >= 15 is 0 Å². The molecule has 0 saturated carbocycles. The van der Waals surface area contributed by atoms with Crippen LogP contribution in [0.5, 0.6) is 0 Å². The second-order valence-corrected chi connectivity index (χ2v) is 2.93. The van der Waals surface area contributed by atoms with Crippen LogP contribution in [-0.2, 0) is 14.3 Å². The second-order valence-electron chi connectivity index (χ2n) is 2.55. The molecule has 0 aromatic rings. The summed E-state index contributed by atoms with van der Waals surface area (Å²) in [6.07, 6.45) is -11.4. The topological polar surface area (TPSA) is 35.5 Å². The van der Waals surface area contributed by atoms with Crippen molar-refractivity contribution in [2.24, 2.45) is 0 Å². The molecule has 1 unspecified atom stereocenters. The molecular weight excluding hydrogens is 289 g/mol. The zero-order chi connectivity index (χ0) is 14.1. The van der Waals surface area contributed by atoms with Crippen LogP contribution >= 0.6 is 11.6 Å². The van der Waals surface area contributed by atoms with E-state index in [4.69, 9.17) is 0 Å². The van der Waals surface area contributed by atoms with E-state index in [1.807, 2.05) is 0 Å². The quantitative estimate of drug-likeness (QED) is 0.444. The highest BCUT2D eigenvalue weighted by Gasteiger charge is 2.69. The normalized spacial score (nSPS) is 15.6. The van der Waals surface area contributed by atoms with Crippen LogP contribution in [0.3, 0.4) is 0 Å². The van der Waals surface area contributed by atoms with E-state index < -0.39 is 29.7 Å². The van der Waals surface area contributed by atoms with E-state index in [1.54, 1.807) is 0 Å². The average molecular weight is 293 g/mol. The molecule has 1 atom stereocenters. The Morgan fingerprint density at radius 3 is 1.88 bits per heavy atom. The van der Waals surface area contributed by atoms with Crippen molar-refractivity contribution in [2.75, 3.05) is 7.11 Å². The number of esters is 1. The number of ether oxygens (including phenoxy) is 2. The molecule has 11 heteroatoms. The summed E-state index contributed by atoms with van der Waals surface area (Å²) in [6, 6.07) is 0. The van der Waals surface area contributed by atoms with Crippen LogP contribution in [0.25, 0.3) is 0 Å². The first-order valence-electron chi connectivity index (χ1n) is 3.58. The van der Waals surface area contributed by atoms with Crippen molar-refractivity contribution in [3.8, 4) is 0 Å². The lowest BCUT2D eigenvalue weighted by atomic mass is 10.3. The van der Waals surface area contributed by atoms with Crippen LogP contribution in [0.4, 0.5) is 30.7 Å². The van der Waals surface area contributed by atoms with Crippen LogP contribution in [0.15, 0.2) is 0 Å². The summed E-state index contributed by atoms with van der Waals surface area (Å²) in [5.41, 5.74) is -3.80. The predicted octanol–water partition coefficient (Wildman–Crippen LogP) is 2.53. The number of methoxy groups -OCH3 is 1. The van der Waals surface area contributed by atoms with Gasteiger partial charge in [-0.3, -0.25) is 0 Å². The first-order chi connectivity index (χ1) is 7.38. The van der Waals surface area contributed by atoms with Gasteiger partial charge < -0.3 is 4.74 Å². The third kappa shape index (κ3) is 3.35.